The van der Waals surface area contributed by atoms with Crippen molar-refractivity contribution in [3.05, 3.63) is 30.1 Å². The summed E-state index contributed by atoms with van der Waals surface area (Å²) in [7, 11) is 0. The summed E-state index contributed by atoms with van der Waals surface area (Å²) in [5.41, 5.74) is 4.56. The topological polar surface area (TPSA) is 101 Å². The van der Waals surface area contributed by atoms with Crippen LogP contribution < -0.4 is 10.9 Å². The highest BCUT2D eigenvalue weighted by Gasteiger charge is 2.28. The van der Waals surface area contributed by atoms with Crippen LogP contribution in [0.15, 0.2) is 24.5 Å². The van der Waals surface area contributed by atoms with Crippen molar-refractivity contribution in [3.63, 3.8) is 0 Å². The molecule has 1 aromatic rings. The van der Waals surface area contributed by atoms with Crippen molar-refractivity contribution >= 4 is 17.7 Å². The zero-order valence-electron chi connectivity index (χ0n) is 14.6. The molecule has 0 radical (unpaired) electrons. The number of rotatable bonds is 5. The highest BCUT2D eigenvalue weighted by molar-refractivity contribution is 5.95. The molecule has 1 aliphatic rings. The van der Waals surface area contributed by atoms with E-state index in [1.54, 1.807) is 23.2 Å². The number of nitrogens with one attached hydrogen (secondary N) is 2. The first-order valence-electron chi connectivity index (χ1n) is 8.22. The third-order valence-corrected chi connectivity index (χ3v) is 3.87. The molecule has 0 unspecified atom stereocenters. The second-order valence-corrected chi connectivity index (χ2v) is 6.75. The molecule has 136 valence electrons. The Bertz CT molecular complexity index is 612. The van der Waals surface area contributed by atoms with Crippen LogP contribution >= 0.6 is 0 Å². The molecule has 8 nitrogen and oxygen atoms in total. The van der Waals surface area contributed by atoms with Gasteiger partial charge in [-0.15, -0.1) is 0 Å². The summed E-state index contributed by atoms with van der Waals surface area (Å²) in [6, 6.07) is 3.23. The molecule has 2 heterocycles. The van der Waals surface area contributed by atoms with Crippen molar-refractivity contribution in [1.29, 1.82) is 0 Å². The molecule has 2 rings (SSSR count). The number of ether oxygens (including phenoxy) is 1. The zero-order chi connectivity index (χ0) is 18.3. The normalized spacial score (nSPS) is 14.7. The lowest BCUT2D eigenvalue weighted by Gasteiger charge is -2.31. The molecular weight excluding hydrogens is 324 g/mol. The Kier molecular flexibility index (Phi) is 6.46. The van der Waals surface area contributed by atoms with Crippen LogP contribution in [0, 0.1) is 5.41 Å². The summed E-state index contributed by atoms with van der Waals surface area (Å²) < 4.78 is 5.23. The van der Waals surface area contributed by atoms with Gasteiger partial charge in [0, 0.05) is 38.3 Å². The average molecular weight is 348 g/mol. The summed E-state index contributed by atoms with van der Waals surface area (Å²) in [5.74, 6) is -0.777. The molecule has 1 saturated heterocycles. The third-order valence-electron chi connectivity index (χ3n) is 3.87. The zero-order valence-corrected chi connectivity index (χ0v) is 14.6. The van der Waals surface area contributed by atoms with Gasteiger partial charge in [0.05, 0.1) is 18.8 Å². The number of pyridine rings is 1. The van der Waals surface area contributed by atoms with Crippen molar-refractivity contribution in [2.45, 2.75) is 26.7 Å². The summed E-state index contributed by atoms with van der Waals surface area (Å²) >= 11 is 0. The number of carbonyl (C=O) groups is 3. The fourth-order valence-electron chi connectivity index (χ4n) is 2.57. The average Bonchev–Trinajstić information content (AvgIpc) is 2.60. The smallest absolute Gasteiger partial charge is 0.271 e. The maximum atomic E-state index is 12.3. The first-order valence-corrected chi connectivity index (χ1v) is 8.22. The summed E-state index contributed by atoms with van der Waals surface area (Å²) in [4.78, 5) is 41.8. The van der Waals surface area contributed by atoms with E-state index in [2.05, 4.69) is 15.8 Å². The molecule has 0 saturated carbocycles. The van der Waals surface area contributed by atoms with Gasteiger partial charge >= 0.3 is 0 Å². The Morgan fingerprint density at radius 2 is 1.92 bits per heavy atom. The molecule has 3 amide bonds. The molecule has 8 heteroatoms. The number of carbonyl (C=O) groups excluding carboxylic acids is 3. The third kappa shape index (κ3) is 6.15. The van der Waals surface area contributed by atoms with E-state index in [1.807, 2.05) is 13.8 Å². The summed E-state index contributed by atoms with van der Waals surface area (Å²) in [6.45, 7) is 5.98. The minimum Gasteiger partial charge on any atom is -0.378 e. The van der Waals surface area contributed by atoms with E-state index < -0.39 is 11.3 Å². The van der Waals surface area contributed by atoms with Crippen LogP contribution in [0.3, 0.4) is 0 Å². The number of hydrogen-bond acceptors (Lipinski definition) is 5. The van der Waals surface area contributed by atoms with Crippen molar-refractivity contribution in [2.24, 2.45) is 5.41 Å². The lowest BCUT2D eigenvalue weighted by Crippen LogP contribution is -2.45. The quantitative estimate of drug-likeness (QED) is 0.755. The van der Waals surface area contributed by atoms with Gasteiger partial charge in [-0.3, -0.25) is 30.2 Å². The molecule has 25 heavy (non-hydrogen) atoms. The van der Waals surface area contributed by atoms with E-state index in [0.29, 0.717) is 31.9 Å². The second kappa shape index (κ2) is 8.57. The summed E-state index contributed by atoms with van der Waals surface area (Å²) in [6.07, 6.45) is 3.35. The Morgan fingerprint density at radius 3 is 2.56 bits per heavy atom. The van der Waals surface area contributed by atoms with Crippen LogP contribution in [0.1, 0.15) is 37.0 Å². The van der Waals surface area contributed by atoms with Gasteiger partial charge < -0.3 is 9.64 Å². The van der Waals surface area contributed by atoms with E-state index in [-0.39, 0.29) is 24.7 Å². The van der Waals surface area contributed by atoms with Crippen molar-refractivity contribution in [2.75, 3.05) is 26.3 Å². The maximum absolute atomic E-state index is 12.3. The van der Waals surface area contributed by atoms with E-state index >= 15 is 0 Å². The van der Waals surface area contributed by atoms with Crippen LogP contribution in [0.25, 0.3) is 0 Å². The Morgan fingerprint density at radius 1 is 1.20 bits per heavy atom. The van der Waals surface area contributed by atoms with Gasteiger partial charge in [-0.25, -0.2) is 0 Å². The number of hydrazine groups is 1. The van der Waals surface area contributed by atoms with E-state index in [0.717, 1.165) is 0 Å². The number of amides is 3. The molecule has 0 spiro atoms. The van der Waals surface area contributed by atoms with Crippen LogP contribution in [-0.2, 0) is 14.3 Å². The maximum Gasteiger partial charge on any atom is 0.271 e. The van der Waals surface area contributed by atoms with Crippen molar-refractivity contribution in [1.82, 2.24) is 20.7 Å². The van der Waals surface area contributed by atoms with Gasteiger partial charge in [-0.05, 0) is 17.5 Å². The lowest BCUT2D eigenvalue weighted by molar-refractivity contribution is -0.138. The highest BCUT2D eigenvalue weighted by Crippen LogP contribution is 2.26. The standard InChI is InChI=1S/C17H24N4O4/c1-17(2,11-15(23)21-6-8-25-9-7-21)10-14(22)19-20-16(24)13-4-3-5-18-12-13/h3-5,12H,6-11H2,1-2H3,(H,19,22)(H,20,24). The Labute approximate surface area is 146 Å². The van der Waals surface area contributed by atoms with Crippen molar-refractivity contribution < 1.29 is 19.1 Å². The molecule has 2 N–H and O–H groups in total. The fraction of sp³-hybridized carbons (Fsp3) is 0.529. The van der Waals surface area contributed by atoms with Gasteiger partial charge in [0.25, 0.3) is 5.91 Å². The lowest BCUT2D eigenvalue weighted by atomic mass is 9.85. The molecule has 0 bridgehead atoms. The monoisotopic (exact) mass is 348 g/mol. The van der Waals surface area contributed by atoms with Crippen LogP contribution in [-0.4, -0.2) is 53.9 Å². The Hall–Kier alpha value is -2.48. The highest BCUT2D eigenvalue weighted by atomic mass is 16.5. The molecule has 0 aliphatic carbocycles. The van der Waals surface area contributed by atoms with Crippen molar-refractivity contribution in [3.8, 4) is 0 Å². The number of morpholine rings is 1. The molecule has 1 aliphatic heterocycles. The van der Waals surface area contributed by atoms with Crippen LogP contribution in [0.2, 0.25) is 0 Å². The number of aromatic nitrogens is 1. The SMILES string of the molecule is CC(C)(CC(=O)NNC(=O)c1cccnc1)CC(=O)N1CCOCC1. The predicted octanol–water partition coefficient (Wildman–Crippen LogP) is 0.508. The first kappa shape index (κ1) is 18.9. The van der Waals surface area contributed by atoms with Gasteiger partial charge in [0.1, 0.15) is 0 Å². The van der Waals surface area contributed by atoms with Gasteiger partial charge in [-0.2, -0.15) is 0 Å². The molecular formula is C17H24N4O4. The van der Waals surface area contributed by atoms with Gasteiger partial charge in [0.2, 0.25) is 11.8 Å². The number of nitrogens with zero attached hydrogens (tertiary/aromatic N) is 2. The summed E-state index contributed by atoms with van der Waals surface area (Å²) in [5, 5.41) is 0. The second-order valence-electron chi connectivity index (χ2n) is 6.75. The minimum absolute atomic E-state index is 0.0143. The van der Waals surface area contributed by atoms with E-state index in [4.69, 9.17) is 4.74 Å². The largest absolute Gasteiger partial charge is 0.378 e. The van der Waals surface area contributed by atoms with Gasteiger partial charge in [-0.1, -0.05) is 13.8 Å². The minimum atomic E-state index is -0.515. The molecule has 1 fully saturated rings. The van der Waals surface area contributed by atoms with Gasteiger partial charge in [0.15, 0.2) is 0 Å². The first-order chi connectivity index (χ1) is 11.9. The molecule has 0 aromatic carbocycles. The van der Waals surface area contributed by atoms with E-state index in [9.17, 15) is 14.4 Å². The van der Waals surface area contributed by atoms with Crippen LogP contribution in [0.5, 0.6) is 0 Å². The number of hydrogen-bond donors (Lipinski definition) is 2. The molecule has 0 atom stereocenters. The predicted molar refractivity (Wildman–Crippen MR) is 90.3 cm³/mol. The van der Waals surface area contributed by atoms with Crippen LogP contribution in [0.4, 0.5) is 0 Å². The van der Waals surface area contributed by atoms with E-state index in [1.165, 1.54) is 6.20 Å². The Balaban J connectivity index is 1.77. The molecule has 1 aromatic heterocycles. The fourth-order valence-corrected chi connectivity index (χ4v) is 2.57.